The van der Waals surface area contributed by atoms with Crippen LogP contribution in [0.25, 0.3) is 0 Å². The molecule has 0 fully saturated rings. The molecular formula is C16H15Cl2NO3. The average Bonchev–Trinajstić information content (AvgIpc) is 2.44. The first-order valence-corrected chi connectivity index (χ1v) is 7.27. The Hall–Kier alpha value is -1.91. The Bertz CT molecular complexity index is 669. The van der Waals surface area contributed by atoms with Gasteiger partial charge in [-0.1, -0.05) is 29.3 Å². The third-order valence-corrected chi connectivity index (χ3v) is 3.27. The number of ether oxygens (including phenoxy) is 2. The number of hydrogen-bond acceptors (Lipinski definition) is 3. The summed E-state index contributed by atoms with van der Waals surface area (Å²) >= 11 is 11.7. The molecular weight excluding hydrogens is 325 g/mol. The topological polar surface area (TPSA) is 47.6 Å². The zero-order chi connectivity index (χ0) is 16.1. The monoisotopic (exact) mass is 339 g/mol. The molecule has 0 spiro atoms. The van der Waals surface area contributed by atoms with E-state index in [-0.39, 0.29) is 12.5 Å². The molecule has 116 valence electrons. The predicted octanol–water partition coefficient (Wildman–Crippen LogP) is 4.33. The minimum Gasteiger partial charge on any atom is -0.495 e. The first-order valence-electron chi connectivity index (χ1n) is 6.51. The zero-order valence-electron chi connectivity index (χ0n) is 12.2. The maximum Gasteiger partial charge on any atom is 0.262 e. The Balaban J connectivity index is 2.00. The number of benzene rings is 2. The van der Waals surface area contributed by atoms with Crippen molar-refractivity contribution in [3.05, 3.63) is 52.0 Å². The van der Waals surface area contributed by atoms with Crippen LogP contribution in [0.2, 0.25) is 10.0 Å². The van der Waals surface area contributed by atoms with Crippen molar-refractivity contribution in [1.82, 2.24) is 0 Å². The standard InChI is InChI=1S/C16H15Cl2NO3/c1-10-3-4-15(21-2)14(5-10)19-16(20)9-22-13-7-11(17)6-12(18)8-13/h3-8H,9H2,1-2H3,(H,19,20). The molecule has 0 unspecified atom stereocenters. The minimum atomic E-state index is -0.306. The Kier molecular flexibility index (Phi) is 5.52. The summed E-state index contributed by atoms with van der Waals surface area (Å²) in [5.41, 5.74) is 1.61. The quantitative estimate of drug-likeness (QED) is 0.881. The molecule has 22 heavy (non-hydrogen) atoms. The second kappa shape index (κ2) is 7.38. The van der Waals surface area contributed by atoms with Gasteiger partial charge in [0.25, 0.3) is 5.91 Å². The van der Waals surface area contributed by atoms with Crippen LogP contribution in [0.5, 0.6) is 11.5 Å². The van der Waals surface area contributed by atoms with Gasteiger partial charge in [0.15, 0.2) is 6.61 Å². The minimum absolute atomic E-state index is 0.159. The van der Waals surface area contributed by atoms with E-state index in [0.29, 0.717) is 27.2 Å². The molecule has 0 saturated carbocycles. The number of nitrogens with one attached hydrogen (secondary N) is 1. The Labute approximate surface area is 138 Å². The number of methoxy groups -OCH3 is 1. The first kappa shape index (κ1) is 16.5. The largest absolute Gasteiger partial charge is 0.495 e. The van der Waals surface area contributed by atoms with E-state index in [2.05, 4.69) is 5.32 Å². The lowest BCUT2D eigenvalue weighted by Gasteiger charge is -2.12. The highest BCUT2D eigenvalue weighted by atomic mass is 35.5. The molecule has 0 saturated heterocycles. The number of carbonyl (C=O) groups excluding carboxylic acids is 1. The Morgan fingerprint density at radius 1 is 1.14 bits per heavy atom. The first-order chi connectivity index (χ1) is 10.5. The maximum atomic E-state index is 12.0. The molecule has 0 heterocycles. The summed E-state index contributed by atoms with van der Waals surface area (Å²) in [7, 11) is 1.55. The molecule has 2 aromatic rings. The van der Waals surface area contributed by atoms with Crippen molar-refractivity contribution in [3.63, 3.8) is 0 Å². The molecule has 6 heteroatoms. The van der Waals surface area contributed by atoms with Gasteiger partial charge in [-0.25, -0.2) is 0 Å². The van der Waals surface area contributed by atoms with Gasteiger partial charge >= 0.3 is 0 Å². The van der Waals surface area contributed by atoms with Gasteiger partial charge in [-0.15, -0.1) is 0 Å². The Morgan fingerprint density at radius 2 is 1.82 bits per heavy atom. The van der Waals surface area contributed by atoms with Crippen molar-refractivity contribution in [2.24, 2.45) is 0 Å². The molecule has 1 N–H and O–H groups in total. The van der Waals surface area contributed by atoms with Gasteiger partial charge in [-0.3, -0.25) is 4.79 Å². The molecule has 0 bridgehead atoms. The molecule has 2 aromatic carbocycles. The number of halogens is 2. The molecule has 2 rings (SSSR count). The highest BCUT2D eigenvalue weighted by molar-refractivity contribution is 6.34. The van der Waals surface area contributed by atoms with Crippen LogP contribution >= 0.6 is 23.2 Å². The number of rotatable bonds is 5. The van der Waals surface area contributed by atoms with E-state index < -0.39 is 0 Å². The molecule has 0 aromatic heterocycles. The number of amides is 1. The highest BCUT2D eigenvalue weighted by Crippen LogP contribution is 2.26. The lowest BCUT2D eigenvalue weighted by molar-refractivity contribution is -0.118. The number of hydrogen-bond donors (Lipinski definition) is 1. The number of aryl methyl sites for hydroxylation is 1. The van der Waals surface area contributed by atoms with Crippen LogP contribution in [0.1, 0.15) is 5.56 Å². The molecule has 1 amide bonds. The van der Waals surface area contributed by atoms with Crippen molar-refractivity contribution in [1.29, 1.82) is 0 Å². The van der Waals surface area contributed by atoms with Gasteiger partial charge in [0, 0.05) is 10.0 Å². The highest BCUT2D eigenvalue weighted by Gasteiger charge is 2.09. The van der Waals surface area contributed by atoms with E-state index in [1.807, 2.05) is 19.1 Å². The molecule has 0 aliphatic carbocycles. The number of anilines is 1. The second-order valence-electron chi connectivity index (χ2n) is 4.65. The van der Waals surface area contributed by atoms with Crippen LogP contribution in [0.3, 0.4) is 0 Å². The van der Waals surface area contributed by atoms with Gasteiger partial charge in [-0.05, 0) is 42.8 Å². The van der Waals surface area contributed by atoms with Crippen LogP contribution in [0, 0.1) is 6.92 Å². The fourth-order valence-corrected chi connectivity index (χ4v) is 2.37. The molecule has 0 aliphatic rings. The summed E-state index contributed by atoms with van der Waals surface area (Å²) in [6.07, 6.45) is 0. The lowest BCUT2D eigenvalue weighted by Crippen LogP contribution is -2.20. The summed E-state index contributed by atoms with van der Waals surface area (Å²) in [6.45, 7) is 1.77. The smallest absolute Gasteiger partial charge is 0.262 e. The zero-order valence-corrected chi connectivity index (χ0v) is 13.7. The molecule has 0 atom stereocenters. The third-order valence-electron chi connectivity index (χ3n) is 2.84. The molecule has 0 aliphatic heterocycles. The van der Waals surface area contributed by atoms with Crippen molar-refractivity contribution in [3.8, 4) is 11.5 Å². The van der Waals surface area contributed by atoms with E-state index >= 15 is 0 Å². The van der Waals surface area contributed by atoms with E-state index in [1.54, 1.807) is 31.4 Å². The summed E-state index contributed by atoms with van der Waals surface area (Å²) in [5, 5.41) is 3.64. The van der Waals surface area contributed by atoms with Crippen LogP contribution in [-0.2, 0) is 4.79 Å². The van der Waals surface area contributed by atoms with E-state index in [4.69, 9.17) is 32.7 Å². The number of carbonyl (C=O) groups is 1. The fourth-order valence-electron chi connectivity index (χ4n) is 1.87. The lowest BCUT2D eigenvalue weighted by atomic mass is 10.2. The molecule has 0 radical (unpaired) electrons. The van der Waals surface area contributed by atoms with Crippen molar-refractivity contribution >= 4 is 34.8 Å². The Morgan fingerprint density at radius 3 is 2.45 bits per heavy atom. The van der Waals surface area contributed by atoms with Gasteiger partial charge in [-0.2, -0.15) is 0 Å². The van der Waals surface area contributed by atoms with Gasteiger partial charge < -0.3 is 14.8 Å². The summed E-state index contributed by atoms with van der Waals surface area (Å²) in [4.78, 5) is 12.0. The molecule has 4 nitrogen and oxygen atoms in total. The van der Waals surface area contributed by atoms with E-state index in [9.17, 15) is 4.79 Å². The van der Waals surface area contributed by atoms with Crippen LogP contribution in [-0.4, -0.2) is 19.6 Å². The van der Waals surface area contributed by atoms with Crippen molar-refractivity contribution < 1.29 is 14.3 Å². The van der Waals surface area contributed by atoms with Gasteiger partial charge in [0.1, 0.15) is 11.5 Å². The van der Waals surface area contributed by atoms with E-state index in [0.717, 1.165) is 5.56 Å². The average molecular weight is 340 g/mol. The van der Waals surface area contributed by atoms with Crippen LogP contribution in [0.4, 0.5) is 5.69 Å². The normalized spacial score (nSPS) is 10.2. The van der Waals surface area contributed by atoms with Crippen molar-refractivity contribution in [2.75, 3.05) is 19.0 Å². The SMILES string of the molecule is COc1ccc(C)cc1NC(=O)COc1cc(Cl)cc(Cl)c1. The van der Waals surface area contributed by atoms with Crippen LogP contribution in [0.15, 0.2) is 36.4 Å². The van der Waals surface area contributed by atoms with Gasteiger partial charge in [0.05, 0.1) is 12.8 Å². The second-order valence-corrected chi connectivity index (χ2v) is 5.52. The van der Waals surface area contributed by atoms with Gasteiger partial charge in [0.2, 0.25) is 0 Å². The predicted molar refractivity (Wildman–Crippen MR) is 88.3 cm³/mol. The maximum absolute atomic E-state index is 12.0. The fraction of sp³-hybridized carbons (Fsp3) is 0.188. The third kappa shape index (κ3) is 4.55. The van der Waals surface area contributed by atoms with E-state index in [1.165, 1.54) is 0 Å². The summed E-state index contributed by atoms with van der Waals surface area (Å²) in [5.74, 6) is 0.716. The summed E-state index contributed by atoms with van der Waals surface area (Å²) in [6, 6.07) is 10.3. The van der Waals surface area contributed by atoms with Crippen molar-refractivity contribution in [2.45, 2.75) is 6.92 Å². The summed E-state index contributed by atoms with van der Waals surface area (Å²) < 4.78 is 10.6. The van der Waals surface area contributed by atoms with Crippen LogP contribution < -0.4 is 14.8 Å².